The molecular formula is C5H4Br2N2O. The number of imidazole rings is 1. The number of hydrogen-bond acceptors (Lipinski definition) is 2. The van der Waals surface area contributed by atoms with Gasteiger partial charge in [0.1, 0.15) is 15.8 Å². The fourth-order valence-electron chi connectivity index (χ4n) is 0.918. The third-order valence-electron chi connectivity index (χ3n) is 1.38. The lowest BCUT2D eigenvalue weighted by atomic mass is 10.7. The number of rotatable bonds is 0. The van der Waals surface area contributed by atoms with Crippen LogP contribution in [-0.4, -0.2) is 16.2 Å². The Labute approximate surface area is 74.6 Å². The smallest absolute Gasteiger partial charge is 0.298 e. The van der Waals surface area contributed by atoms with Crippen LogP contribution in [0.25, 0.3) is 0 Å². The molecule has 2 rings (SSSR count). The van der Waals surface area contributed by atoms with E-state index in [2.05, 4.69) is 36.8 Å². The Morgan fingerprint density at radius 3 is 3.00 bits per heavy atom. The summed E-state index contributed by atoms with van der Waals surface area (Å²) in [5, 5.41) is 0. The van der Waals surface area contributed by atoms with Crippen LogP contribution in [-0.2, 0) is 6.54 Å². The third-order valence-corrected chi connectivity index (χ3v) is 3.27. The molecule has 2 heterocycles. The number of aromatic nitrogens is 2. The molecule has 0 saturated heterocycles. The van der Waals surface area contributed by atoms with Gasteiger partial charge >= 0.3 is 0 Å². The quantitative estimate of drug-likeness (QED) is 0.717. The highest BCUT2D eigenvalue weighted by Gasteiger charge is 2.18. The van der Waals surface area contributed by atoms with Crippen molar-refractivity contribution in [3.8, 4) is 6.01 Å². The Morgan fingerprint density at radius 1 is 1.50 bits per heavy atom. The first-order chi connectivity index (χ1) is 4.79. The fourth-order valence-corrected chi connectivity index (χ4v) is 1.70. The maximum Gasteiger partial charge on any atom is 0.298 e. The van der Waals surface area contributed by atoms with Gasteiger partial charge in [-0.05, 0) is 31.9 Å². The summed E-state index contributed by atoms with van der Waals surface area (Å²) in [7, 11) is 0. The van der Waals surface area contributed by atoms with Gasteiger partial charge in [-0.15, -0.1) is 0 Å². The first-order valence-electron chi connectivity index (χ1n) is 2.83. The van der Waals surface area contributed by atoms with Crippen molar-refractivity contribution in [3.63, 3.8) is 0 Å². The van der Waals surface area contributed by atoms with E-state index in [1.54, 1.807) is 0 Å². The summed E-state index contributed by atoms with van der Waals surface area (Å²) in [6.07, 6.45) is 0. The van der Waals surface area contributed by atoms with Crippen LogP contribution in [0.3, 0.4) is 0 Å². The average molecular weight is 268 g/mol. The number of hydrogen-bond donors (Lipinski definition) is 0. The lowest BCUT2D eigenvalue weighted by Crippen LogP contribution is -1.93. The van der Waals surface area contributed by atoms with E-state index >= 15 is 0 Å². The molecule has 0 amide bonds. The second-order valence-electron chi connectivity index (χ2n) is 1.98. The molecule has 1 aliphatic rings. The van der Waals surface area contributed by atoms with Gasteiger partial charge in [-0.25, -0.2) is 0 Å². The van der Waals surface area contributed by atoms with E-state index < -0.39 is 0 Å². The first kappa shape index (κ1) is 6.67. The van der Waals surface area contributed by atoms with Gasteiger partial charge in [0.2, 0.25) is 0 Å². The van der Waals surface area contributed by atoms with Gasteiger partial charge in [0.05, 0.1) is 6.54 Å². The third kappa shape index (κ3) is 0.802. The van der Waals surface area contributed by atoms with Crippen molar-refractivity contribution >= 4 is 31.9 Å². The molecule has 0 N–H and O–H groups in total. The van der Waals surface area contributed by atoms with Crippen LogP contribution in [0.4, 0.5) is 0 Å². The largest absolute Gasteiger partial charge is 0.463 e. The van der Waals surface area contributed by atoms with Gasteiger partial charge in [0, 0.05) is 0 Å². The van der Waals surface area contributed by atoms with E-state index in [1.807, 2.05) is 4.57 Å². The molecule has 0 bridgehead atoms. The summed E-state index contributed by atoms with van der Waals surface area (Å²) >= 11 is 6.66. The van der Waals surface area contributed by atoms with Gasteiger partial charge < -0.3 is 4.74 Å². The standard InChI is InChI=1S/C5H4Br2N2O/c6-3-4(7)9-1-2-10-5(9)8-3/h1-2H2. The molecule has 54 valence electrons. The van der Waals surface area contributed by atoms with Crippen molar-refractivity contribution < 1.29 is 4.74 Å². The Morgan fingerprint density at radius 2 is 2.30 bits per heavy atom. The van der Waals surface area contributed by atoms with Crippen LogP contribution in [0, 0.1) is 0 Å². The zero-order chi connectivity index (χ0) is 7.14. The summed E-state index contributed by atoms with van der Waals surface area (Å²) in [6.45, 7) is 1.61. The van der Waals surface area contributed by atoms with Crippen molar-refractivity contribution in [1.29, 1.82) is 0 Å². The van der Waals surface area contributed by atoms with Gasteiger partial charge in [-0.3, -0.25) is 4.57 Å². The molecule has 0 spiro atoms. The average Bonchev–Trinajstić information content (AvgIpc) is 2.41. The Hall–Kier alpha value is -0.0300. The van der Waals surface area contributed by atoms with Crippen molar-refractivity contribution in [3.05, 3.63) is 9.21 Å². The molecule has 10 heavy (non-hydrogen) atoms. The maximum absolute atomic E-state index is 5.19. The minimum atomic E-state index is 0.693. The molecule has 1 aromatic rings. The van der Waals surface area contributed by atoms with Crippen LogP contribution in [0.15, 0.2) is 9.21 Å². The molecule has 0 unspecified atom stereocenters. The van der Waals surface area contributed by atoms with E-state index in [9.17, 15) is 0 Å². The monoisotopic (exact) mass is 266 g/mol. The zero-order valence-corrected chi connectivity index (χ0v) is 8.14. The molecule has 0 aromatic carbocycles. The van der Waals surface area contributed by atoms with Crippen molar-refractivity contribution in [2.45, 2.75) is 6.54 Å². The first-order valence-corrected chi connectivity index (χ1v) is 4.42. The van der Waals surface area contributed by atoms with Crippen LogP contribution >= 0.6 is 31.9 Å². The molecular weight excluding hydrogens is 264 g/mol. The zero-order valence-electron chi connectivity index (χ0n) is 4.97. The number of ether oxygens (including phenoxy) is 1. The highest BCUT2D eigenvalue weighted by atomic mass is 79.9. The van der Waals surface area contributed by atoms with Crippen LogP contribution in [0.5, 0.6) is 6.01 Å². The molecule has 1 aliphatic heterocycles. The lowest BCUT2D eigenvalue weighted by Gasteiger charge is -1.90. The lowest BCUT2D eigenvalue weighted by molar-refractivity contribution is 0.344. The Kier molecular flexibility index (Phi) is 1.49. The van der Waals surface area contributed by atoms with Crippen molar-refractivity contribution in [1.82, 2.24) is 9.55 Å². The predicted octanol–water partition coefficient (Wildman–Crippen LogP) is 1.80. The summed E-state index contributed by atoms with van der Waals surface area (Å²) in [4.78, 5) is 4.10. The van der Waals surface area contributed by atoms with Crippen molar-refractivity contribution in [2.75, 3.05) is 6.61 Å². The molecule has 1 aromatic heterocycles. The van der Waals surface area contributed by atoms with Crippen LogP contribution < -0.4 is 4.74 Å². The van der Waals surface area contributed by atoms with Crippen LogP contribution in [0.1, 0.15) is 0 Å². The molecule has 0 atom stereocenters. The van der Waals surface area contributed by atoms with Crippen molar-refractivity contribution in [2.24, 2.45) is 0 Å². The normalized spacial score (nSPS) is 15.0. The number of nitrogens with zero attached hydrogens (tertiary/aromatic N) is 2. The van der Waals surface area contributed by atoms with E-state index in [1.165, 1.54) is 0 Å². The molecule has 5 heteroatoms. The molecule has 0 radical (unpaired) electrons. The van der Waals surface area contributed by atoms with E-state index in [-0.39, 0.29) is 0 Å². The summed E-state index contributed by atoms with van der Waals surface area (Å²) in [6, 6.07) is 0.693. The second-order valence-corrected chi connectivity index (χ2v) is 3.48. The molecule has 0 saturated carbocycles. The maximum atomic E-state index is 5.19. The SMILES string of the molecule is Brc1nc2n(c1Br)CCO2. The van der Waals surface area contributed by atoms with E-state index in [4.69, 9.17) is 4.74 Å². The summed E-state index contributed by atoms with van der Waals surface area (Å²) in [5.74, 6) is 0. The van der Waals surface area contributed by atoms with Gasteiger partial charge in [-0.1, -0.05) is 0 Å². The summed E-state index contributed by atoms with van der Waals surface area (Å²) < 4.78 is 8.93. The number of halogens is 2. The Bertz CT molecular complexity index is 271. The Balaban J connectivity index is 2.59. The van der Waals surface area contributed by atoms with Gasteiger partial charge in [0.25, 0.3) is 6.01 Å². The topological polar surface area (TPSA) is 27.1 Å². The van der Waals surface area contributed by atoms with Gasteiger partial charge in [-0.2, -0.15) is 4.98 Å². The van der Waals surface area contributed by atoms with E-state index in [0.717, 1.165) is 22.4 Å². The minimum absolute atomic E-state index is 0.693. The summed E-state index contributed by atoms with van der Waals surface area (Å²) in [5.41, 5.74) is 0. The number of fused-ring (bicyclic) bond motifs is 1. The second kappa shape index (κ2) is 2.23. The molecule has 3 nitrogen and oxygen atoms in total. The predicted molar refractivity (Wildman–Crippen MR) is 43.1 cm³/mol. The van der Waals surface area contributed by atoms with Crippen LogP contribution in [0.2, 0.25) is 0 Å². The van der Waals surface area contributed by atoms with Gasteiger partial charge in [0.15, 0.2) is 0 Å². The molecule has 0 fully saturated rings. The molecule has 0 aliphatic carbocycles. The highest BCUT2D eigenvalue weighted by molar-refractivity contribution is 9.13. The fraction of sp³-hybridized carbons (Fsp3) is 0.400. The highest BCUT2D eigenvalue weighted by Crippen LogP contribution is 2.30. The minimum Gasteiger partial charge on any atom is -0.463 e. The van der Waals surface area contributed by atoms with E-state index in [0.29, 0.717) is 6.01 Å².